The molecule has 6 heteroatoms. The zero-order chi connectivity index (χ0) is 27.4. The third-order valence-electron chi connectivity index (χ3n) is 7.06. The van der Waals surface area contributed by atoms with Crippen molar-refractivity contribution < 1.29 is 19.4 Å². The Labute approximate surface area is 226 Å². The highest BCUT2D eigenvalue weighted by Crippen LogP contribution is 2.40. The van der Waals surface area contributed by atoms with Crippen LogP contribution < -0.4 is 4.74 Å². The Morgan fingerprint density at radius 1 is 1.08 bits per heavy atom. The van der Waals surface area contributed by atoms with Gasteiger partial charge in [0.15, 0.2) is 6.10 Å². The number of carboxylic acid groups (broad SMARTS) is 1. The van der Waals surface area contributed by atoms with E-state index in [2.05, 4.69) is 48.2 Å². The van der Waals surface area contributed by atoms with Crippen molar-refractivity contribution in [1.29, 1.82) is 0 Å². The molecule has 38 heavy (non-hydrogen) atoms. The van der Waals surface area contributed by atoms with Gasteiger partial charge in [-0.1, -0.05) is 42.0 Å². The van der Waals surface area contributed by atoms with Crippen LogP contribution in [-0.4, -0.2) is 46.8 Å². The van der Waals surface area contributed by atoms with Gasteiger partial charge in [-0.15, -0.1) is 0 Å². The van der Waals surface area contributed by atoms with Crippen molar-refractivity contribution in [2.45, 2.75) is 72.1 Å². The van der Waals surface area contributed by atoms with Crippen LogP contribution >= 0.6 is 0 Å². The molecular weight excluding hydrogens is 476 g/mol. The predicted molar refractivity (Wildman–Crippen MR) is 151 cm³/mol. The summed E-state index contributed by atoms with van der Waals surface area (Å²) in [4.78, 5) is 20.0. The number of fused-ring (bicyclic) bond motifs is 1. The largest absolute Gasteiger partial charge is 0.497 e. The molecule has 0 aliphatic carbocycles. The zero-order valence-electron chi connectivity index (χ0n) is 23.5. The minimum Gasteiger partial charge on any atom is -0.497 e. The monoisotopic (exact) mass is 516 g/mol. The van der Waals surface area contributed by atoms with Gasteiger partial charge in [0.05, 0.1) is 12.7 Å². The SMILES string of the molecule is COc1ccc(CCCN2CCc3nc(C)c([C@H](OC(C)(C)C)C(=O)O)c(-c4ccc(C)cc4)c3C2)cc1. The Kier molecular flexibility index (Phi) is 8.54. The fourth-order valence-corrected chi connectivity index (χ4v) is 5.21. The molecule has 4 rings (SSSR count). The Hall–Kier alpha value is -3.22. The van der Waals surface area contributed by atoms with Crippen molar-refractivity contribution in [2.75, 3.05) is 20.2 Å². The fraction of sp³-hybridized carbons (Fsp3) is 0.438. The lowest BCUT2D eigenvalue weighted by Crippen LogP contribution is -2.34. The van der Waals surface area contributed by atoms with E-state index in [1.807, 2.05) is 39.8 Å². The van der Waals surface area contributed by atoms with Crippen molar-refractivity contribution in [3.63, 3.8) is 0 Å². The smallest absolute Gasteiger partial charge is 0.337 e. The highest BCUT2D eigenvalue weighted by molar-refractivity contribution is 5.82. The number of methoxy groups -OCH3 is 1. The topological polar surface area (TPSA) is 71.9 Å². The summed E-state index contributed by atoms with van der Waals surface area (Å²) in [5, 5.41) is 10.3. The number of ether oxygens (including phenoxy) is 2. The number of pyridine rings is 1. The first-order chi connectivity index (χ1) is 18.1. The predicted octanol–water partition coefficient (Wildman–Crippen LogP) is 6.31. The molecule has 1 aliphatic rings. The van der Waals surface area contributed by atoms with E-state index in [1.54, 1.807) is 7.11 Å². The third-order valence-corrected chi connectivity index (χ3v) is 7.06. The van der Waals surface area contributed by atoms with Gasteiger partial charge in [-0.25, -0.2) is 4.79 Å². The minimum atomic E-state index is -1.10. The van der Waals surface area contributed by atoms with E-state index in [1.165, 1.54) is 5.56 Å². The molecule has 0 spiro atoms. The first-order valence-corrected chi connectivity index (χ1v) is 13.4. The maximum absolute atomic E-state index is 12.5. The normalized spacial score (nSPS) is 14.7. The van der Waals surface area contributed by atoms with Gasteiger partial charge >= 0.3 is 5.97 Å². The van der Waals surface area contributed by atoms with Crippen LogP contribution in [0.25, 0.3) is 11.1 Å². The summed E-state index contributed by atoms with van der Waals surface area (Å²) >= 11 is 0. The van der Waals surface area contributed by atoms with Gasteiger partial charge in [-0.3, -0.25) is 9.88 Å². The summed E-state index contributed by atoms with van der Waals surface area (Å²) in [5.74, 6) is -0.121. The van der Waals surface area contributed by atoms with Gasteiger partial charge < -0.3 is 14.6 Å². The molecule has 0 radical (unpaired) electrons. The molecule has 1 aromatic heterocycles. The van der Waals surface area contributed by atoms with Gasteiger partial charge in [-0.05, 0) is 88.4 Å². The molecule has 1 N–H and O–H groups in total. The zero-order valence-corrected chi connectivity index (χ0v) is 23.5. The van der Waals surface area contributed by atoms with Crippen LogP contribution in [0.3, 0.4) is 0 Å². The Morgan fingerprint density at radius 2 is 1.76 bits per heavy atom. The lowest BCUT2D eigenvalue weighted by Gasteiger charge is -2.33. The second-order valence-electron chi connectivity index (χ2n) is 11.2. The van der Waals surface area contributed by atoms with Crippen LogP contribution in [0, 0.1) is 13.8 Å². The van der Waals surface area contributed by atoms with E-state index in [0.29, 0.717) is 5.56 Å². The molecule has 0 bridgehead atoms. The maximum Gasteiger partial charge on any atom is 0.337 e. The summed E-state index contributed by atoms with van der Waals surface area (Å²) in [6.07, 6.45) is 1.78. The van der Waals surface area contributed by atoms with E-state index in [0.717, 1.165) is 78.3 Å². The first kappa shape index (κ1) is 27.8. The number of aryl methyl sites for hydroxylation is 3. The summed E-state index contributed by atoms with van der Waals surface area (Å²) in [6.45, 7) is 12.3. The van der Waals surface area contributed by atoms with Gasteiger partial charge in [0, 0.05) is 36.5 Å². The van der Waals surface area contributed by atoms with Crippen molar-refractivity contribution in [2.24, 2.45) is 0 Å². The Balaban J connectivity index is 1.67. The van der Waals surface area contributed by atoms with Crippen LogP contribution in [0.15, 0.2) is 48.5 Å². The van der Waals surface area contributed by atoms with Crippen molar-refractivity contribution >= 4 is 5.97 Å². The standard InChI is InChI=1S/C32H40N2O4/c1-21-9-13-24(14-10-21)29-26-20-34(18-7-8-23-11-15-25(37-6)16-12-23)19-17-27(26)33-22(2)28(29)30(31(35)36)38-32(3,4)5/h9-16,30H,7-8,17-20H2,1-6H3,(H,35,36)/t30-/m0/s1. The summed E-state index contributed by atoms with van der Waals surface area (Å²) in [7, 11) is 1.68. The van der Waals surface area contributed by atoms with Crippen LogP contribution in [0.1, 0.15) is 66.9 Å². The fourth-order valence-electron chi connectivity index (χ4n) is 5.21. The molecule has 1 atom stereocenters. The second-order valence-corrected chi connectivity index (χ2v) is 11.2. The number of aliphatic carboxylic acids is 1. The number of hydrogen-bond acceptors (Lipinski definition) is 5. The number of hydrogen-bond donors (Lipinski definition) is 1. The lowest BCUT2D eigenvalue weighted by molar-refractivity contribution is -0.160. The molecule has 6 nitrogen and oxygen atoms in total. The van der Waals surface area contributed by atoms with Crippen molar-refractivity contribution in [3.8, 4) is 16.9 Å². The number of carboxylic acids is 1. The van der Waals surface area contributed by atoms with Gasteiger partial charge in [-0.2, -0.15) is 0 Å². The van der Waals surface area contributed by atoms with E-state index in [9.17, 15) is 9.90 Å². The number of nitrogens with zero attached hydrogens (tertiary/aromatic N) is 2. The van der Waals surface area contributed by atoms with Crippen LogP contribution in [0.2, 0.25) is 0 Å². The molecule has 0 unspecified atom stereocenters. The van der Waals surface area contributed by atoms with Gasteiger partial charge in [0.25, 0.3) is 0 Å². The molecule has 0 saturated carbocycles. The number of carbonyl (C=O) groups is 1. The van der Waals surface area contributed by atoms with E-state index >= 15 is 0 Å². The van der Waals surface area contributed by atoms with E-state index in [4.69, 9.17) is 14.5 Å². The molecule has 202 valence electrons. The molecule has 2 aromatic carbocycles. The molecule has 3 aromatic rings. The minimum absolute atomic E-state index is 0.622. The summed E-state index contributed by atoms with van der Waals surface area (Å²) in [5.41, 5.74) is 7.38. The van der Waals surface area contributed by atoms with Crippen LogP contribution in [0.4, 0.5) is 0 Å². The van der Waals surface area contributed by atoms with Gasteiger partial charge in [0.2, 0.25) is 0 Å². The van der Waals surface area contributed by atoms with E-state index in [-0.39, 0.29) is 0 Å². The van der Waals surface area contributed by atoms with Gasteiger partial charge in [0.1, 0.15) is 5.75 Å². The van der Waals surface area contributed by atoms with E-state index < -0.39 is 17.7 Å². The maximum atomic E-state index is 12.5. The average Bonchev–Trinajstić information content (AvgIpc) is 2.87. The molecular formula is C32H40N2O4. The Morgan fingerprint density at radius 3 is 2.37 bits per heavy atom. The highest BCUT2D eigenvalue weighted by Gasteiger charge is 2.34. The van der Waals surface area contributed by atoms with Crippen molar-refractivity contribution in [1.82, 2.24) is 9.88 Å². The molecule has 1 aliphatic heterocycles. The van der Waals surface area contributed by atoms with Crippen LogP contribution in [0.5, 0.6) is 5.75 Å². The molecule has 0 fully saturated rings. The molecule has 0 amide bonds. The third kappa shape index (κ3) is 6.61. The quantitative estimate of drug-likeness (QED) is 0.360. The Bertz CT molecular complexity index is 1260. The number of benzene rings is 2. The highest BCUT2D eigenvalue weighted by atomic mass is 16.5. The van der Waals surface area contributed by atoms with Crippen molar-refractivity contribution in [3.05, 3.63) is 82.2 Å². The van der Waals surface area contributed by atoms with Crippen LogP contribution in [-0.2, 0) is 28.9 Å². The molecule has 2 heterocycles. The summed E-state index contributed by atoms with van der Waals surface area (Å²) in [6, 6.07) is 16.6. The lowest BCUT2D eigenvalue weighted by atomic mass is 9.87. The second kappa shape index (κ2) is 11.7. The first-order valence-electron chi connectivity index (χ1n) is 13.4. The molecule has 0 saturated heterocycles. The average molecular weight is 517 g/mol. The number of rotatable bonds is 9. The number of aromatic nitrogens is 1. The summed E-state index contributed by atoms with van der Waals surface area (Å²) < 4.78 is 11.4.